The molecule has 5 nitrogen and oxygen atoms in total. The van der Waals surface area contributed by atoms with E-state index in [4.69, 9.17) is 14.5 Å². The second-order valence-corrected chi connectivity index (χ2v) is 7.74. The van der Waals surface area contributed by atoms with Crippen LogP contribution in [0.15, 0.2) is 48.5 Å². The Balaban J connectivity index is 1.56. The van der Waals surface area contributed by atoms with Gasteiger partial charge >= 0.3 is 0 Å². The largest absolute Gasteiger partial charge is 0.493 e. The number of hydrogen-bond acceptors (Lipinski definition) is 4. The maximum absolute atomic E-state index is 6.06. The van der Waals surface area contributed by atoms with Crippen molar-refractivity contribution in [3.05, 3.63) is 54.4 Å². The van der Waals surface area contributed by atoms with Gasteiger partial charge in [0, 0.05) is 0 Å². The minimum absolute atomic E-state index is 0.298. The molecule has 0 amide bonds. The van der Waals surface area contributed by atoms with Gasteiger partial charge in [-0.2, -0.15) is 0 Å². The van der Waals surface area contributed by atoms with E-state index in [2.05, 4.69) is 40.7 Å². The number of hydrogen-bond donors (Lipinski definition) is 0. The lowest BCUT2D eigenvalue weighted by Crippen LogP contribution is -2.30. The molecule has 1 saturated heterocycles. The van der Waals surface area contributed by atoms with E-state index in [1.54, 1.807) is 7.11 Å². The van der Waals surface area contributed by atoms with E-state index in [1.807, 2.05) is 24.3 Å². The van der Waals surface area contributed by atoms with Crippen LogP contribution in [0.3, 0.4) is 0 Å². The number of imidazole rings is 1. The van der Waals surface area contributed by atoms with E-state index in [9.17, 15) is 0 Å². The molecule has 0 spiro atoms. The van der Waals surface area contributed by atoms with Gasteiger partial charge in [0.15, 0.2) is 11.5 Å². The van der Waals surface area contributed by atoms with Gasteiger partial charge in [-0.05, 0) is 57.1 Å². The molecule has 1 fully saturated rings. The van der Waals surface area contributed by atoms with E-state index in [-0.39, 0.29) is 0 Å². The molecule has 4 rings (SSSR count). The highest BCUT2D eigenvalue weighted by atomic mass is 16.5. The van der Waals surface area contributed by atoms with Crippen LogP contribution in [0.5, 0.6) is 11.5 Å². The highest BCUT2D eigenvalue weighted by Gasteiger charge is 2.23. The fraction of sp³-hybridized carbons (Fsp3) is 0.458. The van der Waals surface area contributed by atoms with Gasteiger partial charge in [-0.3, -0.25) is 4.90 Å². The first-order valence-corrected chi connectivity index (χ1v) is 10.7. The Kier molecular flexibility index (Phi) is 6.35. The van der Waals surface area contributed by atoms with Crippen molar-refractivity contribution in [2.45, 2.75) is 45.2 Å². The maximum atomic E-state index is 6.06. The molecule has 154 valence electrons. The van der Waals surface area contributed by atoms with Gasteiger partial charge in [-0.1, -0.05) is 37.1 Å². The van der Waals surface area contributed by atoms with Gasteiger partial charge in [0.25, 0.3) is 0 Å². The number of rotatable bonds is 7. The van der Waals surface area contributed by atoms with Crippen LogP contribution in [0.4, 0.5) is 0 Å². The number of fused-ring (bicyclic) bond motifs is 1. The van der Waals surface area contributed by atoms with Gasteiger partial charge in [-0.15, -0.1) is 0 Å². The first-order chi connectivity index (χ1) is 14.3. The van der Waals surface area contributed by atoms with Crippen LogP contribution < -0.4 is 9.47 Å². The molecule has 2 aromatic carbocycles. The van der Waals surface area contributed by atoms with Crippen LogP contribution in [0.25, 0.3) is 11.0 Å². The fourth-order valence-corrected chi connectivity index (χ4v) is 4.28. The molecule has 2 heterocycles. The van der Waals surface area contributed by atoms with Crippen molar-refractivity contribution in [2.75, 3.05) is 26.8 Å². The molecule has 1 aliphatic heterocycles. The third kappa shape index (κ3) is 4.40. The van der Waals surface area contributed by atoms with E-state index < -0.39 is 0 Å². The molecule has 0 N–H and O–H groups in total. The lowest BCUT2D eigenvalue weighted by Gasteiger charge is -2.27. The van der Waals surface area contributed by atoms with E-state index in [1.165, 1.54) is 31.2 Å². The van der Waals surface area contributed by atoms with Crippen LogP contribution in [0, 0.1) is 0 Å². The summed E-state index contributed by atoms with van der Waals surface area (Å²) in [4.78, 5) is 7.61. The quantitative estimate of drug-likeness (QED) is 0.562. The maximum Gasteiger partial charge on any atom is 0.161 e. The highest BCUT2D eigenvalue weighted by Crippen LogP contribution is 2.28. The minimum atomic E-state index is 0.298. The molecular weight excluding hydrogens is 362 g/mol. The molecule has 1 atom stereocenters. The zero-order valence-corrected chi connectivity index (χ0v) is 17.5. The summed E-state index contributed by atoms with van der Waals surface area (Å²) in [6.45, 7) is 5.93. The number of aromatic nitrogens is 2. The first-order valence-electron chi connectivity index (χ1n) is 10.7. The van der Waals surface area contributed by atoms with Crippen LogP contribution in [0.1, 0.15) is 44.5 Å². The lowest BCUT2D eigenvalue weighted by atomic mass is 10.2. The Morgan fingerprint density at radius 2 is 1.62 bits per heavy atom. The zero-order valence-electron chi connectivity index (χ0n) is 17.5. The fourth-order valence-electron chi connectivity index (χ4n) is 4.28. The predicted octanol–water partition coefficient (Wildman–Crippen LogP) is 5.06. The Bertz CT molecular complexity index is 929. The average Bonchev–Trinajstić information content (AvgIpc) is 2.92. The van der Waals surface area contributed by atoms with Crippen molar-refractivity contribution in [3.8, 4) is 11.5 Å². The van der Waals surface area contributed by atoms with Crippen molar-refractivity contribution in [3.63, 3.8) is 0 Å². The summed E-state index contributed by atoms with van der Waals surface area (Å²) in [7, 11) is 1.67. The summed E-state index contributed by atoms with van der Waals surface area (Å²) < 4.78 is 13.8. The number of benzene rings is 2. The van der Waals surface area contributed by atoms with Gasteiger partial charge < -0.3 is 14.0 Å². The van der Waals surface area contributed by atoms with E-state index in [0.29, 0.717) is 12.6 Å². The van der Waals surface area contributed by atoms with Gasteiger partial charge in [0.1, 0.15) is 12.4 Å². The zero-order chi connectivity index (χ0) is 20.1. The lowest BCUT2D eigenvalue weighted by molar-refractivity contribution is 0.204. The first kappa shape index (κ1) is 19.8. The number of methoxy groups -OCH3 is 1. The van der Waals surface area contributed by atoms with Crippen molar-refractivity contribution in [2.24, 2.45) is 0 Å². The molecule has 0 unspecified atom stereocenters. The molecule has 1 aliphatic rings. The molecule has 5 heteroatoms. The number of likely N-dealkylation sites (tertiary alicyclic amines) is 1. The summed E-state index contributed by atoms with van der Waals surface area (Å²) in [5.41, 5.74) is 2.23. The second kappa shape index (κ2) is 9.31. The van der Waals surface area contributed by atoms with Gasteiger partial charge in [0.05, 0.1) is 30.7 Å². The Hall–Kier alpha value is -2.53. The molecular formula is C24H31N3O2. The minimum Gasteiger partial charge on any atom is -0.493 e. The third-order valence-corrected chi connectivity index (χ3v) is 5.89. The smallest absolute Gasteiger partial charge is 0.161 e. The van der Waals surface area contributed by atoms with Crippen molar-refractivity contribution in [1.82, 2.24) is 14.5 Å². The number of para-hydroxylation sites is 4. The van der Waals surface area contributed by atoms with Crippen LogP contribution in [-0.4, -0.2) is 41.3 Å². The van der Waals surface area contributed by atoms with Crippen LogP contribution in [0.2, 0.25) is 0 Å². The second-order valence-electron chi connectivity index (χ2n) is 7.74. The molecule has 29 heavy (non-hydrogen) atoms. The van der Waals surface area contributed by atoms with Crippen LogP contribution in [-0.2, 0) is 6.54 Å². The van der Waals surface area contributed by atoms with Crippen molar-refractivity contribution in [1.29, 1.82) is 0 Å². The summed E-state index contributed by atoms with van der Waals surface area (Å²) in [6.07, 6.45) is 5.24. The molecule has 0 bridgehead atoms. The van der Waals surface area contributed by atoms with Crippen LogP contribution >= 0.6 is 0 Å². The summed E-state index contributed by atoms with van der Waals surface area (Å²) >= 11 is 0. The van der Waals surface area contributed by atoms with Gasteiger partial charge in [0.2, 0.25) is 0 Å². The molecule has 3 aromatic rings. The summed E-state index contributed by atoms with van der Waals surface area (Å²) in [5, 5.41) is 0. The molecule has 1 aromatic heterocycles. The highest BCUT2D eigenvalue weighted by molar-refractivity contribution is 5.76. The summed E-state index contributed by atoms with van der Waals surface area (Å²) in [6, 6.07) is 16.5. The van der Waals surface area contributed by atoms with Crippen molar-refractivity contribution < 1.29 is 9.47 Å². The third-order valence-electron chi connectivity index (χ3n) is 5.89. The number of ether oxygens (including phenoxy) is 2. The SMILES string of the molecule is COc1ccccc1OCCn1c([C@H](C)N2CCCCCC2)nc2ccccc21. The average molecular weight is 394 g/mol. The van der Waals surface area contributed by atoms with E-state index in [0.717, 1.165) is 42.5 Å². The topological polar surface area (TPSA) is 39.5 Å². The number of nitrogens with zero attached hydrogens (tertiary/aromatic N) is 3. The Morgan fingerprint density at radius 3 is 2.38 bits per heavy atom. The van der Waals surface area contributed by atoms with Gasteiger partial charge in [-0.25, -0.2) is 4.98 Å². The Labute approximate surface area is 173 Å². The molecule has 0 aliphatic carbocycles. The predicted molar refractivity (Wildman–Crippen MR) is 117 cm³/mol. The monoisotopic (exact) mass is 393 g/mol. The normalized spacial score (nSPS) is 16.5. The van der Waals surface area contributed by atoms with E-state index >= 15 is 0 Å². The standard InChI is InChI=1S/C24H31N3O2/c1-19(26-15-9-3-4-10-16-26)24-25-20-11-5-6-12-21(20)27(24)17-18-29-23-14-8-7-13-22(23)28-2/h5-8,11-14,19H,3-4,9-10,15-18H2,1-2H3/t19-/m0/s1. The molecule has 0 radical (unpaired) electrons. The molecule has 0 saturated carbocycles. The van der Waals surface area contributed by atoms with Crippen molar-refractivity contribution >= 4 is 11.0 Å². The summed E-state index contributed by atoms with van der Waals surface area (Å²) in [5.74, 6) is 2.68. The Morgan fingerprint density at radius 1 is 0.931 bits per heavy atom.